The van der Waals surface area contributed by atoms with Crippen LogP contribution in [0.4, 0.5) is 0 Å². The maximum absolute atomic E-state index is 3.80. The predicted molar refractivity (Wildman–Crippen MR) is 135 cm³/mol. The summed E-state index contributed by atoms with van der Waals surface area (Å²) in [5, 5.41) is 8.28. The monoisotopic (exact) mass is 413 g/mol. The smallest absolute Gasteiger partial charge is 0.0478 e. The minimum Gasteiger partial charge on any atom is -0.354 e. The van der Waals surface area contributed by atoms with Gasteiger partial charge in [-0.25, -0.2) is 0 Å². The van der Waals surface area contributed by atoms with Gasteiger partial charge in [-0.2, -0.15) is 0 Å². The molecule has 0 fully saturated rings. The van der Waals surface area contributed by atoms with Gasteiger partial charge in [-0.3, -0.25) is 0 Å². The average Bonchev–Trinajstić information content (AvgIpc) is 3.41. The van der Waals surface area contributed by atoms with Gasteiger partial charge in [0.1, 0.15) is 0 Å². The molecule has 0 amide bonds. The molecule has 31 heavy (non-hydrogen) atoms. The molecular formula is C29H19NS. The Morgan fingerprint density at radius 2 is 1.42 bits per heavy atom. The van der Waals surface area contributed by atoms with Gasteiger partial charge in [0.25, 0.3) is 0 Å². The van der Waals surface area contributed by atoms with Gasteiger partial charge in [0.2, 0.25) is 0 Å². The average molecular weight is 414 g/mol. The van der Waals surface area contributed by atoms with E-state index in [1.54, 1.807) is 0 Å². The second kappa shape index (κ2) is 5.09. The van der Waals surface area contributed by atoms with E-state index in [0.717, 1.165) is 0 Å². The van der Waals surface area contributed by atoms with Crippen molar-refractivity contribution in [3.8, 4) is 11.1 Å². The molecule has 1 aliphatic carbocycles. The SMILES string of the molecule is CC1(C)c2ccccc2-c2cc3[nH]c4cc5c6ccccc6sc5c5ccc(c21)c3c45. The quantitative estimate of drug-likeness (QED) is 0.240. The van der Waals surface area contributed by atoms with Crippen LogP contribution in [0.25, 0.3) is 63.9 Å². The van der Waals surface area contributed by atoms with Crippen molar-refractivity contribution in [1.82, 2.24) is 4.98 Å². The van der Waals surface area contributed by atoms with E-state index in [4.69, 9.17) is 0 Å². The molecule has 0 aliphatic heterocycles. The molecule has 5 aromatic carbocycles. The summed E-state index contributed by atoms with van der Waals surface area (Å²) in [5.41, 5.74) is 8.18. The van der Waals surface area contributed by atoms with Gasteiger partial charge < -0.3 is 4.98 Å². The minimum atomic E-state index is 0.00258. The molecule has 146 valence electrons. The Morgan fingerprint density at radius 3 is 2.35 bits per heavy atom. The molecule has 0 atom stereocenters. The van der Waals surface area contributed by atoms with Crippen molar-refractivity contribution in [1.29, 1.82) is 0 Å². The zero-order valence-corrected chi connectivity index (χ0v) is 18.2. The van der Waals surface area contributed by atoms with Gasteiger partial charge >= 0.3 is 0 Å². The third kappa shape index (κ3) is 1.77. The lowest BCUT2D eigenvalue weighted by atomic mass is 9.80. The zero-order valence-electron chi connectivity index (χ0n) is 17.3. The second-order valence-corrected chi connectivity index (χ2v) is 10.5. The summed E-state index contributed by atoms with van der Waals surface area (Å²) in [4.78, 5) is 3.80. The van der Waals surface area contributed by atoms with Crippen LogP contribution in [0.2, 0.25) is 0 Å². The molecule has 0 spiro atoms. The van der Waals surface area contributed by atoms with E-state index >= 15 is 0 Å². The number of aromatic nitrogens is 1. The number of benzene rings is 5. The number of nitrogens with one attached hydrogen (secondary N) is 1. The molecule has 7 aromatic rings. The van der Waals surface area contributed by atoms with Crippen molar-refractivity contribution in [3.05, 3.63) is 83.9 Å². The highest BCUT2D eigenvalue weighted by Crippen LogP contribution is 2.54. The van der Waals surface area contributed by atoms with Crippen LogP contribution in [0.1, 0.15) is 25.0 Å². The van der Waals surface area contributed by atoms with E-state index in [1.807, 2.05) is 11.3 Å². The third-order valence-corrected chi connectivity index (χ3v) is 8.74. The lowest BCUT2D eigenvalue weighted by Gasteiger charge is -2.23. The van der Waals surface area contributed by atoms with Crippen LogP contribution in [-0.2, 0) is 5.41 Å². The van der Waals surface area contributed by atoms with E-state index in [0.29, 0.717) is 0 Å². The Morgan fingerprint density at radius 1 is 0.677 bits per heavy atom. The molecule has 2 heterocycles. The van der Waals surface area contributed by atoms with Gasteiger partial charge in [-0.15, -0.1) is 11.3 Å². The number of fused-ring (bicyclic) bond motifs is 8. The van der Waals surface area contributed by atoms with Crippen LogP contribution in [-0.4, -0.2) is 4.98 Å². The molecular weight excluding hydrogens is 394 g/mol. The van der Waals surface area contributed by atoms with Crippen molar-refractivity contribution in [2.24, 2.45) is 0 Å². The molecule has 1 nitrogen and oxygen atoms in total. The highest BCUT2D eigenvalue weighted by atomic mass is 32.1. The first-order valence-electron chi connectivity index (χ1n) is 10.9. The zero-order chi connectivity index (χ0) is 20.5. The van der Waals surface area contributed by atoms with E-state index in [1.165, 1.54) is 75.0 Å². The molecule has 0 unspecified atom stereocenters. The van der Waals surface area contributed by atoms with Crippen LogP contribution in [0.15, 0.2) is 72.8 Å². The fraction of sp³-hybridized carbons (Fsp3) is 0.103. The van der Waals surface area contributed by atoms with Crippen LogP contribution < -0.4 is 0 Å². The lowest BCUT2D eigenvalue weighted by Crippen LogP contribution is -2.15. The molecule has 1 N–H and O–H groups in total. The van der Waals surface area contributed by atoms with Crippen molar-refractivity contribution >= 4 is 64.1 Å². The fourth-order valence-corrected chi connectivity index (χ4v) is 7.46. The van der Waals surface area contributed by atoms with Crippen LogP contribution in [0.5, 0.6) is 0 Å². The number of aromatic amines is 1. The van der Waals surface area contributed by atoms with Crippen LogP contribution in [0.3, 0.4) is 0 Å². The van der Waals surface area contributed by atoms with Crippen LogP contribution >= 0.6 is 11.3 Å². The van der Waals surface area contributed by atoms with Crippen LogP contribution in [0, 0.1) is 0 Å². The first-order valence-corrected chi connectivity index (χ1v) is 11.7. The van der Waals surface area contributed by atoms with Crippen molar-refractivity contribution in [2.45, 2.75) is 19.3 Å². The molecule has 0 bridgehead atoms. The Kier molecular flexibility index (Phi) is 2.69. The van der Waals surface area contributed by atoms with E-state index in [-0.39, 0.29) is 5.41 Å². The fourth-order valence-electron chi connectivity index (χ4n) is 6.24. The molecule has 2 aromatic heterocycles. The highest BCUT2D eigenvalue weighted by molar-refractivity contribution is 7.26. The summed E-state index contributed by atoms with van der Waals surface area (Å²) in [6, 6.07) is 27.2. The first kappa shape index (κ1) is 16.3. The standard InChI is InChI=1S/C29H19NS/c1-29(2)21-9-5-3-7-15(21)19-13-22-25-17(27(19)29)11-12-18-26(25)23(30-22)14-20-16-8-4-6-10-24(16)31-28(18)20/h3-14,30H,1-2H3. The Labute approximate surface area is 183 Å². The van der Waals surface area contributed by atoms with E-state index in [9.17, 15) is 0 Å². The first-order chi connectivity index (χ1) is 15.1. The van der Waals surface area contributed by atoms with Gasteiger partial charge in [0, 0.05) is 52.8 Å². The molecule has 0 radical (unpaired) electrons. The van der Waals surface area contributed by atoms with E-state index in [2.05, 4.69) is 91.6 Å². The highest BCUT2D eigenvalue weighted by Gasteiger charge is 2.37. The maximum Gasteiger partial charge on any atom is 0.0478 e. The summed E-state index contributed by atoms with van der Waals surface area (Å²) < 4.78 is 2.77. The van der Waals surface area contributed by atoms with Crippen molar-refractivity contribution in [2.75, 3.05) is 0 Å². The Bertz CT molecular complexity index is 1860. The molecule has 8 rings (SSSR count). The summed E-state index contributed by atoms with van der Waals surface area (Å²) in [6.45, 7) is 4.75. The predicted octanol–water partition coefficient (Wildman–Crippen LogP) is 8.59. The van der Waals surface area contributed by atoms with Gasteiger partial charge in [-0.05, 0) is 45.8 Å². The summed E-state index contributed by atoms with van der Waals surface area (Å²) in [5.74, 6) is 0. The Balaban J connectivity index is 1.61. The Hall–Kier alpha value is -3.36. The van der Waals surface area contributed by atoms with Crippen molar-refractivity contribution < 1.29 is 0 Å². The number of hydrogen-bond acceptors (Lipinski definition) is 1. The number of rotatable bonds is 0. The maximum atomic E-state index is 3.80. The minimum absolute atomic E-state index is 0.00258. The largest absolute Gasteiger partial charge is 0.354 e. The number of hydrogen-bond donors (Lipinski definition) is 1. The van der Waals surface area contributed by atoms with Crippen molar-refractivity contribution in [3.63, 3.8) is 0 Å². The number of H-pyrrole nitrogens is 1. The van der Waals surface area contributed by atoms with Gasteiger partial charge in [0.15, 0.2) is 0 Å². The number of thiophene rings is 1. The lowest BCUT2D eigenvalue weighted by molar-refractivity contribution is 0.666. The summed E-state index contributed by atoms with van der Waals surface area (Å²) >= 11 is 1.92. The van der Waals surface area contributed by atoms with E-state index < -0.39 is 0 Å². The third-order valence-electron chi connectivity index (χ3n) is 7.52. The molecule has 0 saturated heterocycles. The molecule has 1 aliphatic rings. The van der Waals surface area contributed by atoms with Gasteiger partial charge in [0.05, 0.1) is 0 Å². The molecule has 0 saturated carbocycles. The van der Waals surface area contributed by atoms with Gasteiger partial charge in [-0.1, -0.05) is 68.4 Å². The second-order valence-electron chi connectivity index (χ2n) is 9.45. The summed E-state index contributed by atoms with van der Waals surface area (Å²) in [7, 11) is 0. The topological polar surface area (TPSA) is 15.8 Å². The molecule has 2 heteroatoms. The normalized spacial score (nSPS) is 15.0. The summed E-state index contributed by atoms with van der Waals surface area (Å²) in [6.07, 6.45) is 0.